The summed E-state index contributed by atoms with van der Waals surface area (Å²) < 4.78 is 12.7. The van der Waals surface area contributed by atoms with Crippen molar-refractivity contribution in [3.8, 4) is 0 Å². The van der Waals surface area contributed by atoms with E-state index in [1.54, 1.807) is 13.8 Å². The van der Waals surface area contributed by atoms with Gasteiger partial charge in [0.25, 0.3) is 0 Å². The standard InChI is InChI=1S/C8H15FO3/c1-3-5(4-2)7(10)6(9)8(11)12/h5-7,10H,3-4H2,1-2H3,(H,11,12). The molecule has 3 nitrogen and oxygen atoms in total. The molecule has 0 rings (SSSR count). The predicted molar refractivity (Wildman–Crippen MR) is 42.6 cm³/mol. The SMILES string of the molecule is CCC(CC)C(O)C(F)C(=O)O. The molecule has 0 radical (unpaired) electrons. The van der Waals surface area contributed by atoms with Gasteiger partial charge in [-0.1, -0.05) is 26.7 Å². The lowest BCUT2D eigenvalue weighted by atomic mass is 9.93. The fourth-order valence-electron chi connectivity index (χ4n) is 1.16. The number of aliphatic hydroxyl groups is 1. The number of carboxylic acids is 1. The van der Waals surface area contributed by atoms with E-state index in [0.29, 0.717) is 12.8 Å². The number of hydrogen-bond acceptors (Lipinski definition) is 2. The Balaban J connectivity index is 4.14. The van der Waals surface area contributed by atoms with Crippen molar-refractivity contribution in [3.05, 3.63) is 0 Å². The van der Waals surface area contributed by atoms with Gasteiger partial charge < -0.3 is 10.2 Å². The second-order valence-corrected chi connectivity index (χ2v) is 2.81. The van der Waals surface area contributed by atoms with Crippen LogP contribution in [0.4, 0.5) is 4.39 Å². The zero-order chi connectivity index (χ0) is 9.72. The quantitative estimate of drug-likeness (QED) is 0.665. The van der Waals surface area contributed by atoms with Crippen molar-refractivity contribution in [2.24, 2.45) is 5.92 Å². The Bertz CT molecular complexity index is 145. The molecule has 0 amide bonds. The van der Waals surface area contributed by atoms with E-state index in [1.165, 1.54) is 0 Å². The van der Waals surface area contributed by atoms with Gasteiger partial charge in [0.1, 0.15) is 0 Å². The summed E-state index contributed by atoms with van der Waals surface area (Å²) in [6, 6.07) is 0. The molecule has 2 unspecified atom stereocenters. The zero-order valence-electron chi connectivity index (χ0n) is 7.33. The van der Waals surface area contributed by atoms with E-state index in [0.717, 1.165) is 0 Å². The van der Waals surface area contributed by atoms with Crippen LogP contribution in [0.2, 0.25) is 0 Å². The summed E-state index contributed by atoms with van der Waals surface area (Å²) in [5.41, 5.74) is 0. The van der Waals surface area contributed by atoms with E-state index in [2.05, 4.69) is 0 Å². The molecule has 0 bridgehead atoms. The summed E-state index contributed by atoms with van der Waals surface area (Å²) in [7, 11) is 0. The van der Waals surface area contributed by atoms with Gasteiger partial charge in [0.05, 0.1) is 6.10 Å². The molecule has 0 heterocycles. The van der Waals surface area contributed by atoms with Crippen LogP contribution >= 0.6 is 0 Å². The number of rotatable bonds is 5. The molecule has 4 heteroatoms. The zero-order valence-corrected chi connectivity index (χ0v) is 7.33. The molecule has 0 aliphatic carbocycles. The summed E-state index contributed by atoms with van der Waals surface area (Å²) in [4.78, 5) is 10.1. The van der Waals surface area contributed by atoms with Crippen LogP contribution in [0.5, 0.6) is 0 Å². The summed E-state index contributed by atoms with van der Waals surface area (Å²) in [5.74, 6) is -1.86. The summed E-state index contributed by atoms with van der Waals surface area (Å²) in [5, 5.41) is 17.4. The lowest BCUT2D eigenvalue weighted by molar-refractivity contribution is -0.148. The summed E-state index contributed by atoms with van der Waals surface area (Å²) in [6.45, 7) is 3.60. The van der Waals surface area contributed by atoms with Crippen molar-refractivity contribution in [3.63, 3.8) is 0 Å². The van der Waals surface area contributed by atoms with Crippen LogP contribution in [-0.4, -0.2) is 28.5 Å². The molecule has 0 spiro atoms. The summed E-state index contributed by atoms with van der Waals surface area (Å²) in [6.07, 6.45) is -2.36. The minimum Gasteiger partial charge on any atom is -0.479 e. The van der Waals surface area contributed by atoms with E-state index >= 15 is 0 Å². The van der Waals surface area contributed by atoms with E-state index in [1.807, 2.05) is 0 Å². The Labute approximate surface area is 71.2 Å². The van der Waals surface area contributed by atoms with Gasteiger partial charge in [-0.25, -0.2) is 9.18 Å². The van der Waals surface area contributed by atoms with Crippen molar-refractivity contribution in [1.82, 2.24) is 0 Å². The number of halogens is 1. The first-order valence-electron chi connectivity index (χ1n) is 4.09. The smallest absolute Gasteiger partial charge is 0.341 e. The van der Waals surface area contributed by atoms with Crippen LogP contribution in [0.3, 0.4) is 0 Å². The van der Waals surface area contributed by atoms with Crippen molar-refractivity contribution in [2.75, 3.05) is 0 Å². The third kappa shape index (κ3) is 2.77. The number of alkyl halides is 1. The fraction of sp³-hybridized carbons (Fsp3) is 0.875. The molecule has 0 saturated heterocycles. The van der Waals surface area contributed by atoms with Gasteiger partial charge in [-0.05, 0) is 5.92 Å². The first-order chi connectivity index (χ1) is 5.54. The van der Waals surface area contributed by atoms with E-state index in [-0.39, 0.29) is 5.92 Å². The fourth-order valence-corrected chi connectivity index (χ4v) is 1.16. The molecule has 0 saturated carbocycles. The molecular formula is C8H15FO3. The monoisotopic (exact) mass is 178 g/mol. The molecule has 0 aliphatic heterocycles. The largest absolute Gasteiger partial charge is 0.479 e. The molecule has 0 aliphatic rings. The van der Waals surface area contributed by atoms with Gasteiger partial charge in [0, 0.05) is 0 Å². The second kappa shape index (κ2) is 5.09. The molecule has 72 valence electrons. The molecule has 0 aromatic rings. The lowest BCUT2D eigenvalue weighted by Gasteiger charge is -2.20. The number of aliphatic hydroxyl groups excluding tert-OH is 1. The van der Waals surface area contributed by atoms with Crippen LogP contribution in [0.1, 0.15) is 26.7 Å². The molecule has 0 aromatic heterocycles. The molecular weight excluding hydrogens is 163 g/mol. The highest BCUT2D eigenvalue weighted by molar-refractivity contribution is 5.72. The second-order valence-electron chi connectivity index (χ2n) is 2.81. The number of aliphatic carboxylic acids is 1. The first-order valence-corrected chi connectivity index (χ1v) is 4.09. The Morgan fingerprint density at radius 3 is 2.08 bits per heavy atom. The maximum Gasteiger partial charge on any atom is 0.341 e. The highest BCUT2D eigenvalue weighted by Gasteiger charge is 2.30. The van der Waals surface area contributed by atoms with Crippen molar-refractivity contribution < 1.29 is 19.4 Å². The minimum atomic E-state index is -2.16. The molecule has 0 fully saturated rings. The van der Waals surface area contributed by atoms with E-state index < -0.39 is 18.2 Å². The first kappa shape index (κ1) is 11.4. The van der Waals surface area contributed by atoms with Gasteiger partial charge >= 0.3 is 5.97 Å². The highest BCUT2D eigenvalue weighted by atomic mass is 19.1. The Morgan fingerprint density at radius 2 is 1.83 bits per heavy atom. The number of carbonyl (C=O) groups is 1. The van der Waals surface area contributed by atoms with Crippen LogP contribution < -0.4 is 0 Å². The van der Waals surface area contributed by atoms with E-state index in [9.17, 15) is 14.3 Å². The number of carboxylic acid groups (broad SMARTS) is 1. The van der Waals surface area contributed by atoms with Gasteiger partial charge in [-0.3, -0.25) is 0 Å². The van der Waals surface area contributed by atoms with Gasteiger partial charge in [-0.15, -0.1) is 0 Å². The van der Waals surface area contributed by atoms with Gasteiger partial charge in [0.15, 0.2) is 0 Å². The third-order valence-corrected chi connectivity index (χ3v) is 2.07. The average Bonchev–Trinajstić information content (AvgIpc) is 2.05. The van der Waals surface area contributed by atoms with Gasteiger partial charge in [-0.2, -0.15) is 0 Å². The average molecular weight is 178 g/mol. The predicted octanol–water partition coefficient (Wildman–Crippen LogP) is 1.21. The highest BCUT2D eigenvalue weighted by Crippen LogP contribution is 2.17. The number of hydrogen-bond donors (Lipinski definition) is 2. The Hall–Kier alpha value is -0.640. The van der Waals surface area contributed by atoms with Crippen molar-refractivity contribution >= 4 is 5.97 Å². The lowest BCUT2D eigenvalue weighted by Crippen LogP contribution is -2.35. The normalized spacial score (nSPS) is 16.1. The molecule has 0 aromatic carbocycles. The third-order valence-electron chi connectivity index (χ3n) is 2.07. The molecule has 12 heavy (non-hydrogen) atoms. The minimum absolute atomic E-state index is 0.268. The Morgan fingerprint density at radius 1 is 1.42 bits per heavy atom. The summed E-state index contributed by atoms with van der Waals surface area (Å²) >= 11 is 0. The molecule has 2 atom stereocenters. The Kier molecular flexibility index (Phi) is 4.81. The van der Waals surface area contributed by atoms with Crippen molar-refractivity contribution in [1.29, 1.82) is 0 Å². The van der Waals surface area contributed by atoms with Crippen LogP contribution in [0, 0.1) is 5.92 Å². The van der Waals surface area contributed by atoms with E-state index in [4.69, 9.17) is 5.11 Å². The maximum atomic E-state index is 12.7. The molecule has 2 N–H and O–H groups in total. The van der Waals surface area contributed by atoms with Crippen LogP contribution in [0.15, 0.2) is 0 Å². The maximum absolute atomic E-state index is 12.7. The van der Waals surface area contributed by atoms with Crippen LogP contribution in [0.25, 0.3) is 0 Å². The van der Waals surface area contributed by atoms with Gasteiger partial charge in [0.2, 0.25) is 6.17 Å². The topological polar surface area (TPSA) is 57.5 Å². The van der Waals surface area contributed by atoms with Crippen molar-refractivity contribution in [2.45, 2.75) is 39.0 Å². The van der Waals surface area contributed by atoms with Crippen LogP contribution in [-0.2, 0) is 4.79 Å².